The summed E-state index contributed by atoms with van der Waals surface area (Å²) in [5.74, 6) is 0. The van der Waals surface area contributed by atoms with Crippen molar-refractivity contribution in [3.8, 4) is 0 Å². The molecule has 0 aliphatic carbocycles. The van der Waals surface area contributed by atoms with Gasteiger partial charge in [0.25, 0.3) is 0 Å². The van der Waals surface area contributed by atoms with Crippen LogP contribution in [0.3, 0.4) is 0 Å². The lowest BCUT2D eigenvalue weighted by atomic mass is 10.2. The minimum Gasteiger partial charge on any atom is -0.315 e. The van der Waals surface area contributed by atoms with Gasteiger partial charge in [-0.1, -0.05) is 18.6 Å². The van der Waals surface area contributed by atoms with E-state index in [2.05, 4.69) is 15.0 Å². The first-order valence-corrected chi connectivity index (χ1v) is 8.71. The van der Waals surface area contributed by atoms with Gasteiger partial charge < -0.3 is 5.32 Å². The normalized spacial score (nSPS) is 20.3. The second-order valence-electron chi connectivity index (χ2n) is 5.37. The molecular weight excluding hydrogens is 286 g/mol. The quantitative estimate of drug-likeness (QED) is 0.904. The van der Waals surface area contributed by atoms with Gasteiger partial charge in [-0.2, -0.15) is 0 Å². The summed E-state index contributed by atoms with van der Waals surface area (Å²) in [5, 5.41) is 4.81. The Labute approximate surface area is 124 Å². The van der Waals surface area contributed by atoms with Gasteiger partial charge in [0, 0.05) is 35.8 Å². The molecule has 1 aromatic carbocycles. The van der Waals surface area contributed by atoms with Crippen molar-refractivity contribution in [3.63, 3.8) is 0 Å². The highest BCUT2D eigenvalue weighted by Gasteiger charge is 2.22. The van der Waals surface area contributed by atoms with Gasteiger partial charge in [-0.05, 0) is 31.5 Å². The van der Waals surface area contributed by atoms with Gasteiger partial charge in [0.2, 0.25) is 10.0 Å². The molecule has 0 saturated carbocycles. The molecule has 1 aliphatic rings. The van der Waals surface area contributed by atoms with Crippen LogP contribution in [-0.4, -0.2) is 32.5 Å². The van der Waals surface area contributed by atoms with Gasteiger partial charge >= 0.3 is 0 Å². The lowest BCUT2D eigenvalue weighted by Gasteiger charge is -2.17. The average Bonchev–Trinajstić information content (AvgIpc) is 2.75. The summed E-state index contributed by atoms with van der Waals surface area (Å²) < 4.78 is 28.2. The standard InChI is InChI=1S/C15H19N3O2S/c19-21(20,18-13-5-1-2-8-16-11-13)15-6-3-4-12-10-17-9-7-14(12)15/h3-4,6-7,9-10,13,16,18H,1-2,5,8,11H2. The summed E-state index contributed by atoms with van der Waals surface area (Å²) in [6, 6.07) is 6.97. The van der Waals surface area contributed by atoms with Gasteiger partial charge in [0.05, 0.1) is 4.90 Å². The summed E-state index contributed by atoms with van der Waals surface area (Å²) in [6.07, 6.45) is 6.31. The second kappa shape index (κ2) is 6.09. The maximum absolute atomic E-state index is 12.7. The van der Waals surface area contributed by atoms with Crippen molar-refractivity contribution in [1.29, 1.82) is 0 Å². The van der Waals surface area contributed by atoms with Crippen molar-refractivity contribution in [3.05, 3.63) is 36.7 Å². The van der Waals surface area contributed by atoms with Crippen LogP contribution >= 0.6 is 0 Å². The summed E-state index contributed by atoms with van der Waals surface area (Å²) in [4.78, 5) is 4.36. The lowest BCUT2D eigenvalue weighted by Crippen LogP contribution is -2.40. The van der Waals surface area contributed by atoms with Crippen molar-refractivity contribution >= 4 is 20.8 Å². The Kier molecular flexibility index (Phi) is 4.19. The van der Waals surface area contributed by atoms with Crippen molar-refractivity contribution in [2.75, 3.05) is 13.1 Å². The first-order chi connectivity index (χ1) is 10.2. The molecule has 1 atom stereocenters. The molecule has 1 saturated heterocycles. The number of sulfonamides is 1. The molecule has 2 aromatic rings. The zero-order chi connectivity index (χ0) is 14.7. The van der Waals surface area contributed by atoms with Crippen LogP contribution in [0.15, 0.2) is 41.6 Å². The van der Waals surface area contributed by atoms with E-state index in [1.807, 2.05) is 6.07 Å². The minimum atomic E-state index is -3.52. The number of benzene rings is 1. The molecule has 0 bridgehead atoms. The maximum atomic E-state index is 12.7. The molecule has 112 valence electrons. The zero-order valence-electron chi connectivity index (χ0n) is 11.7. The summed E-state index contributed by atoms with van der Waals surface area (Å²) >= 11 is 0. The van der Waals surface area contributed by atoms with E-state index in [-0.39, 0.29) is 6.04 Å². The molecule has 0 radical (unpaired) electrons. The van der Waals surface area contributed by atoms with Gasteiger partial charge in [-0.3, -0.25) is 4.98 Å². The van der Waals surface area contributed by atoms with Crippen LogP contribution in [0, 0.1) is 0 Å². The number of rotatable bonds is 3. The number of nitrogens with zero attached hydrogens (tertiary/aromatic N) is 1. The Morgan fingerprint density at radius 1 is 1.24 bits per heavy atom. The highest BCUT2D eigenvalue weighted by atomic mass is 32.2. The van der Waals surface area contributed by atoms with Gasteiger partial charge in [0.1, 0.15) is 0 Å². The highest BCUT2D eigenvalue weighted by molar-refractivity contribution is 7.89. The number of nitrogens with one attached hydrogen (secondary N) is 2. The van der Waals surface area contributed by atoms with Gasteiger partial charge in [-0.25, -0.2) is 13.1 Å². The van der Waals surface area contributed by atoms with E-state index < -0.39 is 10.0 Å². The minimum absolute atomic E-state index is 0.0467. The monoisotopic (exact) mass is 305 g/mol. The SMILES string of the molecule is O=S(=O)(NC1CCCCNC1)c1cccc2cnccc12. The van der Waals surface area contributed by atoms with E-state index in [0.29, 0.717) is 16.8 Å². The van der Waals surface area contributed by atoms with Gasteiger partial charge in [0.15, 0.2) is 0 Å². The molecule has 6 heteroatoms. The van der Waals surface area contributed by atoms with Crippen LogP contribution in [0.5, 0.6) is 0 Å². The third-order valence-electron chi connectivity index (χ3n) is 3.80. The number of fused-ring (bicyclic) bond motifs is 1. The number of hydrogen-bond donors (Lipinski definition) is 2. The summed E-state index contributed by atoms with van der Waals surface area (Å²) in [7, 11) is -3.52. The zero-order valence-corrected chi connectivity index (χ0v) is 12.6. The Morgan fingerprint density at radius 3 is 3.05 bits per heavy atom. The molecule has 1 unspecified atom stereocenters. The predicted molar refractivity (Wildman–Crippen MR) is 82.6 cm³/mol. The molecule has 3 rings (SSSR count). The Bertz CT molecular complexity index is 717. The van der Waals surface area contributed by atoms with Crippen molar-refractivity contribution in [2.45, 2.75) is 30.2 Å². The van der Waals surface area contributed by atoms with Crippen LogP contribution in [0.2, 0.25) is 0 Å². The van der Waals surface area contributed by atoms with Crippen LogP contribution in [0.4, 0.5) is 0 Å². The van der Waals surface area contributed by atoms with Crippen LogP contribution in [-0.2, 0) is 10.0 Å². The topological polar surface area (TPSA) is 71.1 Å². The van der Waals surface area contributed by atoms with E-state index in [9.17, 15) is 8.42 Å². The van der Waals surface area contributed by atoms with Crippen molar-refractivity contribution in [2.24, 2.45) is 0 Å². The Hall–Kier alpha value is -1.50. The third kappa shape index (κ3) is 3.23. The molecule has 0 amide bonds. The largest absolute Gasteiger partial charge is 0.315 e. The highest BCUT2D eigenvalue weighted by Crippen LogP contribution is 2.22. The molecule has 1 aliphatic heterocycles. The lowest BCUT2D eigenvalue weighted by molar-refractivity contribution is 0.522. The smallest absolute Gasteiger partial charge is 0.241 e. The fourth-order valence-corrected chi connectivity index (χ4v) is 4.23. The number of aromatic nitrogens is 1. The van der Waals surface area contributed by atoms with E-state index >= 15 is 0 Å². The molecule has 21 heavy (non-hydrogen) atoms. The molecule has 5 nitrogen and oxygen atoms in total. The predicted octanol–water partition coefficient (Wildman–Crippen LogP) is 1.66. The van der Waals surface area contributed by atoms with E-state index in [1.165, 1.54) is 0 Å². The van der Waals surface area contributed by atoms with Crippen LogP contribution in [0.25, 0.3) is 10.8 Å². The summed E-state index contributed by atoms with van der Waals surface area (Å²) in [5.41, 5.74) is 0. The Balaban J connectivity index is 1.92. The van der Waals surface area contributed by atoms with Crippen LogP contribution < -0.4 is 10.0 Å². The van der Waals surface area contributed by atoms with Crippen molar-refractivity contribution < 1.29 is 8.42 Å². The number of hydrogen-bond acceptors (Lipinski definition) is 4. The summed E-state index contributed by atoms with van der Waals surface area (Å²) in [6.45, 7) is 1.64. The molecule has 2 N–H and O–H groups in total. The maximum Gasteiger partial charge on any atom is 0.241 e. The first-order valence-electron chi connectivity index (χ1n) is 7.22. The van der Waals surface area contributed by atoms with E-state index in [1.54, 1.807) is 30.6 Å². The molecule has 1 fully saturated rings. The van der Waals surface area contributed by atoms with E-state index in [4.69, 9.17) is 0 Å². The first kappa shape index (κ1) is 14.4. The molecular formula is C15H19N3O2S. The third-order valence-corrected chi connectivity index (χ3v) is 5.38. The molecule has 2 heterocycles. The Morgan fingerprint density at radius 2 is 2.14 bits per heavy atom. The number of pyridine rings is 1. The average molecular weight is 305 g/mol. The van der Waals surface area contributed by atoms with Gasteiger partial charge in [-0.15, -0.1) is 0 Å². The van der Waals surface area contributed by atoms with Crippen molar-refractivity contribution in [1.82, 2.24) is 15.0 Å². The molecule has 0 spiro atoms. The fraction of sp³-hybridized carbons (Fsp3) is 0.400. The molecule has 1 aromatic heterocycles. The van der Waals surface area contributed by atoms with Crippen LogP contribution in [0.1, 0.15) is 19.3 Å². The fourth-order valence-electron chi connectivity index (χ4n) is 2.73. The van der Waals surface area contributed by atoms with E-state index in [0.717, 1.165) is 31.2 Å². The second-order valence-corrected chi connectivity index (χ2v) is 7.05.